The van der Waals surface area contributed by atoms with Crippen molar-refractivity contribution in [2.24, 2.45) is 0 Å². The van der Waals surface area contributed by atoms with Gasteiger partial charge in [-0.2, -0.15) is 0 Å². The molecule has 4 nitrogen and oxygen atoms in total. The fraction of sp³-hybridized carbons (Fsp3) is 0.350. The molecule has 2 aromatic rings. The van der Waals surface area contributed by atoms with E-state index in [1.165, 1.54) is 11.1 Å². The first kappa shape index (κ1) is 17.9. The Morgan fingerprint density at radius 1 is 0.958 bits per heavy atom. The van der Waals surface area contributed by atoms with Gasteiger partial charge in [0, 0.05) is 24.3 Å². The standard InChI is InChI=1S/C20H26N2O2/c1-20(2,3)24-19(23)22-15-9-14-21-18-13-8-7-12-17(18)16-10-5-4-6-11-16/h4-8,10-13,21H,9,14-15H2,1-3H3,(H,22,23). The molecule has 0 heterocycles. The van der Waals surface area contributed by atoms with Crippen molar-refractivity contribution in [1.82, 2.24) is 5.32 Å². The fourth-order valence-corrected chi connectivity index (χ4v) is 2.32. The van der Waals surface area contributed by atoms with E-state index in [-0.39, 0.29) is 6.09 Å². The predicted octanol–water partition coefficient (Wildman–Crippen LogP) is 4.68. The van der Waals surface area contributed by atoms with Crippen LogP contribution in [0.1, 0.15) is 27.2 Å². The molecule has 1 amide bonds. The Balaban J connectivity index is 1.80. The zero-order chi connectivity index (χ0) is 17.4. The van der Waals surface area contributed by atoms with E-state index in [9.17, 15) is 4.79 Å². The van der Waals surface area contributed by atoms with Gasteiger partial charge in [0.1, 0.15) is 5.60 Å². The summed E-state index contributed by atoms with van der Waals surface area (Å²) in [5, 5.41) is 6.21. The molecule has 0 bridgehead atoms. The van der Waals surface area contributed by atoms with Crippen LogP contribution in [-0.4, -0.2) is 24.8 Å². The smallest absolute Gasteiger partial charge is 0.407 e. The van der Waals surface area contributed by atoms with E-state index >= 15 is 0 Å². The first-order valence-electron chi connectivity index (χ1n) is 8.31. The second-order valence-corrected chi connectivity index (χ2v) is 6.62. The van der Waals surface area contributed by atoms with Crippen LogP contribution in [0.3, 0.4) is 0 Å². The molecule has 0 aromatic heterocycles. The lowest BCUT2D eigenvalue weighted by Gasteiger charge is -2.19. The SMILES string of the molecule is CC(C)(C)OC(=O)NCCCNc1ccccc1-c1ccccc1. The van der Waals surface area contributed by atoms with Crippen molar-refractivity contribution in [2.45, 2.75) is 32.8 Å². The second kappa shape index (κ2) is 8.39. The minimum absolute atomic E-state index is 0.368. The highest BCUT2D eigenvalue weighted by molar-refractivity contribution is 5.77. The zero-order valence-corrected chi connectivity index (χ0v) is 14.6. The molecule has 0 fully saturated rings. The van der Waals surface area contributed by atoms with Gasteiger partial charge in [-0.1, -0.05) is 48.5 Å². The van der Waals surface area contributed by atoms with Crippen molar-refractivity contribution in [2.75, 3.05) is 18.4 Å². The number of carbonyl (C=O) groups is 1. The van der Waals surface area contributed by atoms with Gasteiger partial charge in [0.15, 0.2) is 0 Å². The lowest BCUT2D eigenvalue weighted by molar-refractivity contribution is 0.0528. The summed E-state index contributed by atoms with van der Waals surface area (Å²) in [4.78, 5) is 11.6. The molecule has 4 heteroatoms. The third kappa shape index (κ3) is 5.95. The van der Waals surface area contributed by atoms with Gasteiger partial charge in [0.05, 0.1) is 0 Å². The Morgan fingerprint density at radius 3 is 2.33 bits per heavy atom. The number of carbonyl (C=O) groups excluding carboxylic acids is 1. The summed E-state index contributed by atoms with van der Waals surface area (Å²) in [5.74, 6) is 0. The van der Waals surface area contributed by atoms with Crippen LogP contribution in [0.4, 0.5) is 10.5 Å². The van der Waals surface area contributed by atoms with E-state index in [1.54, 1.807) is 0 Å². The van der Waals surface area contributed by atoms with Gasteiger partial charge in [-0.25, -0.2) is 4.79 Å². The van der Waals surface area contributed by atoms with Gasteiger partial charge < -0.3 is 15.4 Å². The first-order chi connectivity index (χ1) is 11.5. The fourth-order valence-electron chi connectivity index (χ4n) is 2.32. The van der Waals surface area contributed by atoms with Crippen LogP contribution >= 0.6 is 0 Å². The summed E-state index contributed by atoms with van der Waals surface area (Å²) in [5.41, 5.74) is 3.00. The highest BCUT2D eigenvalue weighted by Crippen LogP contribution is 2.27. The van der Waals surface area contributed by atoms with E-state index in [0.29, 0.717) is 6.54 Å². The highest BCUT2D eigenvalue weighted by atomic mass is 16.6. The van der Waals surface area contributed by atoms with Crippen LogP contribution in [-0.2, 0) is 4.74 Å². The van der Waals surface area contributed by atoms with Crippen molar-refractivity contribution >= 4 is 11.8 Å². The average molecular weight is 326 g/mol. The zero-order valence-electron chi connectivity index (χ0n) is 14.6. The van der Waals surface area contributed by atoms with E-state index < -0.39 is 5.60 Å². The summed E-state index contributed by atoms with van der Waals surface area (Å²) in [6.45, 7) is 6.92. The number of amides is 1. The summed E-state index contributed by atoms with van der Waals surface area (Å²) < 4.78 is 5.21. The van der Waals surface area contributed by atoms with Crippen LogP contribution in [0.15, 0.2) is 54.6 Å². The quantitative estimate of drug-likeness (QED) is 0.758. The summed E-state index contributed by atoms with van der Waals surface area (Å²) in [7, 11) is 0. The Kier molecular flexibility index (Phi) is 6.24. The molecule has 0 unspecified atom stereocenters. The molecule has 0 aliphatic rings. The lowest BCUT2D eigenvalue weighted by Crippen LogP contribution is -2.33. The number of para-hydroxylation sites is 1. The molecule has 2 rings (SSSR count). The van der Waals surface area contributed by atoms with Crippen molar-refractivity contribution in [3.8, 4) is 11.1 Å². The van der Waals surface area contributed by atoms with Crippen LogP contribution in [0.5, 0.6) is 0 Å². The van der Waals surface area contributed by atoms with Gasteiger partial charge in [0.25, 0.3) is 0 Å². The largest absolute Gasteiger partial charge is 0.444 e. The van der Waals surface area contributed by atoms with E-state index in [1.807, 2.05) is 51.1 Å². The summed E-state index contributed by atoms with van der Waals surface area (Å²) in [6, 6.07) is 18.5. The van der Waals surface area contributed by atoms with Crippen molar-refractivity contribution < 1.29 is 9.53 Å². The monoisotopic (exact) mass is 326 g/mol. The number of benzene rings is 2. The van der Waals surface area contributed by atoms with Crippen LogP contribution < -0.4 is 10.6 Å². The molecule has 128 valence electrons. The molecular formula is C20H26N2O2. The molecule has 24 heavy (non-hydrogen) atoms. The third-order valence-electron chi connectivity index (χ3n) is 3.35. The predicted molar refractivity (Wildman–Crippen MR) is 99.2 cm³/mol. The number of rotatable bonds is 6. The maximum absolute atomic E-state index is 11.6. The molecule has 0 saturated heterocycles. The van der Waals surface area contributed by atoms with Gasteiger partial charge in [-0.15, -0.1) is 0 Å². The molecule has 2 aromatic carbocycles. The molecule has 0 saturated carbocycles. The van der Waals surface area contributed by atoms with Gasteiger partial charge in [0.2, 0.25) is 0 Å². The Bertz CT molecular complexity index is 648. The third-order valence-corrected chi connectivity index (χ3v) is 3.35. The molecule has 0 spiro atoms. The number of anilines is 1. The topological polar surface area (TPSA) is 50.4 Å². The number of alkyl carbamates (subject to hydrolysis) is 1. The maximum Gasteiger partial charge on any atom is 0.407 e. The Morgan fingerprint density at radius 2 is 1.62 bits per heavy atom. The number of hydrogen-bond acceptors (Lipinski definition) is 3. The number of hydrogen-bond donors (Lipinski definition) is 2. The Labute approximate surface area is 144 Å². The first-order valence-corrected chi connectivity index (χ1v) is 8.31. The highest BCUT2D eigenvalue weighted by Gasteiger charge is 2.15. The Hall–Kier alpha value is -2.49. The molecule has 0 aliphatic heterocycles. The molecule has 0 aliphatic carbocycles. The van der Waals surface area contributed by atoms with Crippen molar-refractivity contribution in [3.63, 3.8) is 0 Å². The number of nitrogens with one attached hydrogen (secondary N) is 2. The van der Waals surface area contributed by atoms with E-state index in [4.69, 9.17) is 4.74 Å². The molecule has 2 N–H and O–H groups in total. The van der Waals surface area contributed by atoms with Gasteiger partial charge in [-0.3, -0.25) is 0 Å². The van der Waals surface area contributed by atoms with E-state index in [2.05, 4.69) is 34.9 Å². The van der Waals surface area contributed by atoms with Crippen molar-refractivity contribution in [1.29, 1.82) is 0 Å². The van der Waals surface area contributed by atoms with Gasteiger partial charge in [-0.05, 0) is 38.8 Å². The molecule has 0 radical (unpaired) electrons. The van der Waals surface area contributed by atoms with Crippen LogP contribution in [0.25, 0.3) is 11.1 Å². The lowest BCUT2D eigenvalue weighted by atomic mass is 10.0. The summed E-state index contributed by atoms with van der Waals surface area (Å²) in [6.07, 6.45) is 0.453. The summed E-state index contributed by atoms with van der Waals surface area (Å²) >= 11 is 0. The molecular weight excluding hydrogens is 300 g/mol. The van der Waals surface area contributed by atoms with Crippen LogP contribution in [0.2, 0.25) is 0 Å². The minimum Gasteiger partial charge on any atom is -0.444 e. The van der Waals surface area contributed by atoms with Crippen molar-refractivity contribution in [3.05, 3.63) is 54.6 Å². The second-order valence-electron chi connectivity index (χ2n) is 6.62. The van der Waals surface area contributed by atoms with E-state index in [0.717, 1.165) is 18.7 Å². The average Bonchev–Trinajstić information content (AvgIpc) is 2.54. The molecule has 0 atom stereocenters. The van der Waals surface area contributed by atoms with Crippen LogP contribution in [0, 0.1) is 0 Å². The number of ether oxygens (including phenoxy) is 1. The maximum atomic E-state index is 11.6. The van der Waals surface area contributed by atoms with Gasteiger partial charge >= 0.3 is 6.09 Å². The normalized spacial score (nSPS) is 11.0. The minimum atomic E-state index is -0.461.